The zero-order valence-corrected chi connectivity index (χ0v) is 13.6. The van der Waals surface area contributed by atoms with E-state index < -0.39 is 0 Å². The summed E-state index contributed by atoms with van der Waals surface area (Å²) in [6.45, 7) is 0.193. The van der Waals surface area contributed by atoms with E-state index in [1.807, 2.05) is 30.3 Å². The van der Waals surface area contributed by atoms with Crippen LogP contribution in [0.1, 0.15) is 5.89 Å². The molecule has 2 heterocycles. The molecule has 0 saturated heterocycles. The normalized spacial score (nSPS) is 10.7. The highest BCUT2D eigenvalue weighted by Crippen LogP contribution is 2.15. The van der Waals surface area contributed by atoms with Gasteiger partial charge in [0.25, 0.3) is 0 Å². The van der Waals surface area contributed by atoms with E-state index in [9.17, 15) is 4.79 Å². The van der Waals surface area contributed by atoms with Crippen molar-refractivity contribution < 1.29 is 13.9 Å². The van der Waals surface area contributed by atoms with Crippen molar-refractivity contribution in [2.24, 2.45) is 0 Å². The second-order valence-corrected chi connectivity index (χ2v) is 5.52. The Labute approximate surface area is 141 Å². The van der Waals surface area contributed by atoms with E-state index in [0.717, 1.165) is 5.69 Å². The van der Waals surface area contributed by atoms with E-state index in [4.69, 9.17) is 9.15 Å². The maximum atomic E-state index is 11.9. The Morgan fingerprint density at radius 1 is 1.33 bits per heavy atom. The Kier molecular flexibility index (Phi) is 5.18. The lowest BCUT2D eigenvalue weighted by Crippen LogP contribution is -2.14. The van der Waals surface area contributed by atoms with E-state index in [0.29, 0.717) is 11.0 Å². The number of methoxy groups -OCH3 is 1. The number of aromatic nitrogens is 5. The summed E-state index contributed by atoms with van der Waals surface area (Å²) >= 11 is 1.21. The van der Waals surface area contributed by atoms with Crippen molar-refractivity contribution in [3.63, 3.8) is 0 Å². The summed E-state index contributed by atoms with van der Waals surface area (Å²) in [6, 6.07) is 9.64. The lowest BCUT2D eigenvalue weighted by molar-refractivity contribution is -0.113. The van der Waals surface area contributed by atoms with Gasteiger partial charge >= 0.3 is 6.01 Å². The molecule has 1 N–H and O–H groups in total. The maximum absolute atomic E-state index is 11.9. The van der Waals surface area contributed by atoms with Crippen molar-refractivity contribution in [2.75, 3.05) is 18.2 Å². The van der Waals surface area contributed by atoms with Gasteiger partial charge in [-0.3, -0.25) is 10.1 Å². The molecule has 1 aromatic carbocycles. The Morgan fingerprint density at radius 3 is 2.96 bits per heavy atom. The Balaban J connectivity index is 1.52. The van der Waals surface area contributed by atoms with Crippen molar-refractivity contribution >= 4 is 23.7 Å². The van der Waals surface area contributed by atoms with Gasteiger partial charge in [0.2, 0.25) is 17.0 Å². The summed E-state index contributed by atoms with van der Waals surface area (Å²) in [5, 5.41) is 14.7. The average Bonchev–Trinajstić information content (AvgIpc) is 3.24. The zero-order chi connectivity index (χ0) is 16.8. The summed E-state index contributed by atoms with van der Waals surface area (Å²) in [7, 11) is 1.51. The number of para-hydroxylation sites is 1. The van der Waals surface area contributed by atoms with Crippen molar-refractivity contribution in [1.82, 2.24) is 25.0 Å². The first-order valence-electron chi connectivity index (χ1n) is 6.95. The van der Waals surface area contributed by atoms with Gasteiger partial charge in [0, 0.05) is 7.11 Å². The molecule has 9 nitrogen and oxygen atoms in total. The number of nitrogens with zero attached hydrogens (tertiary/aromatic N) is 5. The third-order valence-corrected chi connectivity index (χ3v) is 3.66. The van der Waals surface area contributed by atoms with Crippen molar-refractivity contribution in [3.8, 4) is 5.69 Å². The lowest BCUT2D eigenvalue weighted by Gasteiger charge is -1.99. The molecular formula is C14H14N6O3S. The molecule has 10 heteroatoms. The highest BCUT2D eigenvalue weighted by Gasteiger charge is 2.11. The van der Waals surface area contributed by atoms with Gasteiger partial charge in [-0.2, -0.15) is 0 Å². The highest BCUT2D eigenvalue weighted by atomic mass is 32.2. The predicted octanol–water partition coefficient (Wildman–Crippen LogP) is 1.53. The molecule has 0 atom stereocenters. The Hall–Kier alpha value is -2.72. The van der Waals surface area contributed by atoms with Crippen molar-refractivity contribution in [3.05, 3.63) is 42.5 Å². The van der Waals surface area contributed by atoms with Crippen LogP contribution in [0.2, 0.25) is 0 Å². The molecule has 1 amide bonds. The Bertz CT molecular complexity index is 804. The number of rotatable bonds is 7. The standard InChI is InChI=1S/C14H14N6O3S/c1-22-7-12-17-18-13(23-12)16-11(21)8-24-14-15-9-20(19-14)10-5-3-2-4-6-10/h2-6,9H,7-8H2,1H3,(H,16,18,21). The minimum Gasteiger partial charge on any atom is -0.405 e. The van der Waals surface area contributed by atoms with E-state index in [2.05, 4.69) is 25.6 Å². The van der Waals surface area contributed by atoms with Crippen LogP contribution in [-0.2, 0) is 16.1 Å². The Morgan fingerprint density at radius 2 is 2.17 bits per heavy atom. The molecule has 124 valence electrons. The SMILES string of the molecule is COCc1nnc(NC(=O)CSc2ncn(-c3ccccc3)n2)o1. The highest BCUT2D eigenvalue weighted by molar-refractivity contribution is 7.99. The number of hydrogen-bond donors (Lipinski definition) is 1. The number of carbonyl (C=O) groups excluding carboxylic acids is 1. The minimum atomic E-state index is -0.288. The summed E-state index contributed by atoms with van der Waals surface area (Å²) in [4.78, 5) is 16.0. The first-order valence-corrected chi connectivity index (χ1v) is 7.94. The van der Waals surface area contributed by atoms with Crippen LogP contribution in [0.25, 0.3) is 5.69 Å². The maximum Gasteiger partial charge on any atom is 0.322 e. The summed E-state index contributed by atoms with van der Waals surface area (Å²) < 4.78 is 11.7. The largest absolute Gasteiger partial charge is 0.405 e. The first-order chi connectivity index (χ1) is 11.7. The van der Waals surface area contributed by atoms with Crippen LogP contribution >= 0.6 is 11.8 Å². The van der Waals surface area contributed by atoms with E-state index in [1.54, 1.807) is 11.0 Å². The molecule has 0 aliphatic rings. The van der Waals surface area contributed by atoms with Crippen molar-refractivity contribution in [1.29, 1.82) is 0 Å². The molecule has 0 aliphatic carbocycles. The van der Waals surface area contributed by atoms with E-state index in [-0.39, 0.29) is 24.3 Å². The third kappa shape index (κ3) is 4.18. The van der Waals surface area contributed by atoms with Crippen LogP contribution in [-0.4, -0.2) is 43.7 Å². The minimum absolute atomic E-state index is 0.0374. The van der Waals surface area contributed by atoms with Gasteiger partial charge in [0.05, 0.1) is 11.4 Å². The van der Waals surface area contributed by atoms with Crippen LogP contribution < -0.4 is 5.32 Å². The van der Waals surface area contributed by atoms with Crippen LogP contribution in [0, 0.1) is 0 Å². The predicted molar refractivity (Wildman–Crippen MR) is 85.7 cm³/mol. The van der Waals surface area contributed by atoms with Crippen LogP contribution in [0.4, 0.5) is 6.01 Å². The van der Waals surface area contributed by atoms with Crippen LogP contribution in [0.15, 0.2) is 46.2 Å². The van der Waals surface area contributed by atoms with Gasteiger partial charge in [0.15, 0.2) is 0 Å². The first kappa shape index (κ1) is 16.1. The number of amides is 1. The fraction of sp³-hybridized carbons (Fsp3) is 0.214. The van der Waals surface area contributed by atoms with Gasteiger partial charge in [-0.1, -0.05) is 35.1 Å². The smallest absolute Gasteiger partial charge is 0.322 e. The number of nitrogens with one attached hydrogen (secondary N) is 1. The third-order valence-electron chi connectivity index (χ3n) is 2.80. The number of carbonyl (C=O) groups is 1. The topological polar surface area (TPSA) is 108 Å². The van der Waals surface area contributed by atoms with Crippen molar-refractivity contribution in [2.45, 2.75) is 11.8 Å². The lowest BCUT2D eigenvalue weighted by atomic mass is 10.3. The van der Waals surface area contributed by atoms with Gasteiger partial charge in [0.1, 0.15) is 12.9 Å². The molecule has 0 spiro atoms. The molecule has 24 heavy (non-hydrogen) atoms. The summed E-state index contributed by atoms with van der Waals surface area (Å²) in [5.41, 5.74) is 0.901. The molecule has 0 saturated carbocycles. The quantitative estimate of drug-likeness (QED) is 0.642. The molecule has 0 radical (unpaired) electrons. The number of benzene rings is 1. The number of thioether (sulfide) groups is 1. The molecule has 0 bridgehead atoms. The fourth-order valence-electron chi connectivity index (χ4n) is 1.79. The van der Waals surface area contributed by atoms with Gasteiger partial charge < -0.3 is 9.15 Å². The second-order valence-electron chi connectivity index (χ2n) is 4.58. The number of hydrogen-bond acceptors (Lipinski definition) is 8. The molecular weight excluding hydrogens is 332 g/mol. The molecule has 0 fully saturated rings. The molecule has 3 aromatic rings. The number of ether oxygens (including phenoxy) is 1. The average molecular weight is 346 g/mol. The molecule has 3 rings (SSSR count). The summed E-state index contributed by atoms with van der Waals surface area (Å²) in [6.07, 6.45) is 1.60. The molecule has 0 aliphatic heterocycles. The zero-order valence-electron chi connectivity index (χ0n) is 12.7. The second kappa shape index (κ2) is 7.70. The van der Waals surface area contributed by atoms with Crippen LogP contribution in [0.3, 0.4) is 0 Å². The van der Waals surface area contributed by atoms with Gasteiger partial charge in [-0.15, -0.1) is 10.2 Å². The summed E-state index contributed by atoms with van der Waals surface area (Å²) in [5.74, 6) is 0.133. The van der Waals surface area contributed by atoms with E-state index in [1.165, 1.54) is 18.9 Å². The molecule has 2 aromatic heterocycles. The van der Waals surface area contributed by atoms with E-state index >= 15 is 0 Å². The molecule has 0 unspecified atom stereocenters. The van der Waals surface area contributed by atoms with Crippen LogP contribution in [0.5, 0.6) is 0 Å². The number of anilines is 1. The fourth-order valence-corrected chi connectivity index (χ4v) is 2.39. The van der Waals surface area contributed by atoms with Gasteiger partial charge in [-0.05, 0) is 12.1 Å². The monoisotopic (exact) mass is 346 g/mol. The van der Waals surface area contributed by atoms with Gasteiger partial charge in [-0.25, -0.2) is 9.67 Å².